The van der Waals surface area contributed by atoms with Crippen LogP contribution in [0.15, 0.2) is 89.3 Å². The summed E-state index contributed by atoms with van der Waals surface area (Å²) in [6, 6.07) is 24.4. The Hall–Kier alpha value is -4.03. The Morgan fingerprint density at radius 1 is 0.861 bits per heavy atom. The molecule has 2 heterocycles. The van der Waals surface area contributed by atoms with Crippen molar-refractivity contribution in [1.29, 1.82) is 0 Å². The van der Waals surface area contributed by atoms with Crippen molar-refractivity contribution in [3.8, 4) is 22.3 Å². The average Bonchev–Trinajstić information content (AvgIpc) is 3.36. The first kappa shape index (κ1) is 23.7. The topological polar surface area (TPSA) is 64.0 Å². The normalized spacial score (nSPS) is 11.1. The maximum absolute atomic E-state index is 13.5. The average molecular weight is 494 g/mol. The first-order chi connectivity index (χ1) is 17.6. The molecule has 0 aliphatic carbocycles. The Morgan fingerprint density at radius 2 is 1.50 bits per heavy atom. The number of amides is 1. The highest BCUT2D eigenvalue weighted by molar-refractivity contribution is 7.17. The molecule has 2 aromatic heterocycles. The summed E-state index contributed by atoms with van der Waals surface area (Å²) in [4.78, 5) is 31.6. The monoisotopic (exact) mass is 493 g/mol. The third kappa shape index (κ3) is 4.60. The molecule has 180 valence electrons. The van der Waals surface area contributed by atoms with Crippen molar-refractivity contribution < 1.29 is 4.79 Å². The van der Waals surface area contributed by atoms with E-state index in [2.05, 4.69) is 48.4 Å². The van der Waals surface area contributed by atoms with E-state index in [1.54, 1.807) is 0 Å². The highest BCUT2D eigenvalue weighted by atomic mass is 32.1. The van der Waals surface area contributed by atoms with Crippen molar-refractivity contribution in [1.82, 2.24) is 9.55 Å². The van der Waals surface area contributed by atoms with Crippen molar-refractivity contribution in [3.05, 3.63) is 106 Å². The number of para-hydroxylation sites is 1. The maximum atomic E-state index is 13.5. The van der Waals surface area contributed by atoms with Crippen LogP contribution in [0.4, 0.5) is 5.69 Å². The second kappa shape index (κ2) is 10.3. The number of thiophene rings is 1. The van der Waals surface area contributed by atoms with Crippen molar-refractivity contribution in [3.63, 3.8) is 0 Å². The molecule has 0 saturated carbocycles. The Labute approximate surface area is 214 Å². The van der Waals surface area contributed by atoms with Crippen LogP contribution in [-0.2, 0) is 24.2 Å². The van der Waals surface area contributed by atoms with Crippen molar-refractivity contribution >= 4 is 33.1 Å². The second-order valence-corrected chi connectivity index (χ2v) is 9.52. The molecule has 0 unspecified atom stereocenters. The first-order valence-corrected chi connectivity index (χ1v) is 13.0. The first-order valence-electron chi connectivity index (χ1n) is 12.1. The zero-order chi connectivity index (χ0) is 25.1. The Morgan fingerprint density at radius 3 is 2.17 bits per heavy atom. The lowest BCUT2D eigenvalue weighted by atomic mass is 10.0. The molecule has 0 radical (unpaired) electrons. The fraction of sp³-hybridized carbons (Fsp3) is 0.167. The van der Waals surface area contributed by atoms with Crippen molar-refractivity contribution in [2.24, 2.45) is 0 Å². The number of hydrogen-bond acceptors (Lipinski definition) is 4. The number of rotatable bonds is 7. The van der Waals surface area contributed by atoms with Crippen LogP contribution in [0.3, 0.4) is 0 Å². The molecule has 5 nitrogen and oxygen atoms in total. The van der Waals surface area contributed by atoms with Gasteiger partial charge in [-0.2, -0.15) is 0 Å². The predicted molar refractivity (Wildman–Crippen MR) is 149 cm³/mol. The third-order valence-electron chi connectivity index (χ3n) is 6.44. The maximum Gasteiger partial charge on any atom is 0.263 e. The molecule has 5 rings (SSSR count). The molecule has 3 aromatic carbocycles. The van der Waals surface area contributed by atoms with Gasteiger partial charge in [-0.3, -0.25) is 14.2 Å². The number of nitrogens with one attached hydrogen (secondary N) is 1. The molecule has 0 fully saturated rings. The SMILES string of the molecule is CCc1cccc(CC)c1NC(=O)Cn1cnc2scc(-c3ccc(-c4ccccc4)cc3)c2c1=O. The molecule has 6 heteroatoms. The lowest BCUT2D eigenvalue weighted by Crippen LogP contribution is -2.28. The lowest BCUT2D eigenvalue weighted by Gasteiger charge is -2.15. The van der Waals surface area contributed by atoms with E-state index in [1.165, 1.54) is 22.2 Å². The van der Waals surface area contributed by atoms with Gasteiger partial charge in [0.2, 0.25) is 5.91 Å². The molecular weight excluding hydrogens is 466 g/mol. The number of benzene rings is 3. The third-order valence-corrected chi connectivity index (χ3v) is 7.33. The van der Waals surface area contributed by atoms with E-state index in [9.17, 15) is 9.59 Å². The summed E-state index contributed by atoms with van der Waals surface area (Å²) < 4.78 is 1.40. The summed E-state index contributed by atoms with van der Waals surface area (Å²) in [5.41, 5.74) is 6.86. The molecule has 5 aromatic rings. The van der Waals surface area contributed by atoms with Gasteiger partial charge in [-0.25, -0.2) is 4.98 Å². The number of fused-ring (bicyclic) bond motifs is 1. The summed E-state index contributed by atoms with van der Waals surface area (Å²) in [6.07, 6.45) is 3.10. The largest absolute Gasteiger partial charge is 0.324 e. The summed E-state index contributed by atoms with van der Waals surface area (Å²) in [6.45, 7) is 4.04. The van der Waals surface area contributed by atoms with Crippen molar-refractivity contribution in [2.75, 3.05) is 5.32 Å². The number of anilines is 1. The fourth-order valence-corrected chi connectivity index (χ4v) is 5.41. The smallest absolute Gasteiger partial charge is 0.263 e. The van der Waals surface area contributed by atoms with E-state index in [4.69, 9.17) is 0 Å². The zero-order valence-electron chi connectivity index (χ0n) is 20.3. The summed E-state index contributed by atoms with van der Waals surface area (Å²) >= 11 is 1.44. The van der Waals surface area contributed by atoms with E-state index < -0.39 is 0 Å². The van der Waals surface area contributed by atoms with Crippen LogP contribution in [0.2, 0.25) is 0 Å². The Bertz CT molecular complexity index is 1560. The second-order valence-electron chi connectivity index (χ2n) is 8.66. The summed E-state index contributed by atoms with van der Waals surface area (Å²) in [7, 11) is 0. The zero-order valence-corrected chi connectivity index (χ0v) is 21.1. The number of aryl methyl sites for hydroxylation is 2. The number of aromatic nitrogens is 2. The standard InChI is InChI=1S/C30H27N3O2S/c1-3-20-11-8-12-21(4-2)28(20)32-26(34)17-33-19-31-29-27(30(33)35)25(18-36-29)24-15-13-23(14-16-24)22-9-6-5-7-10-22/h5-16,18-19H,3-4,17H2,1-2H3,(H,32,34). The number of carbonyl (C=O) groups excluding carboxylic acids is 1. The summed E-state index contributed by atoms with van der Waals surface area (Å²) in [5.74, 6) is -0.238. The fourth-order valence-electron chi connectivity index (χ4n) is 4.50. The van der Waals surface area contributed by atoms with Crippen LogP contribution < -0.4 is 10.9 Å². The molecule has 0 aliphatic rings. The molecule has 0 spiro atoms. The van der Waals surface area contributed by atoms with Gasteiger partial charge in [-0.1, -0.05) is 86.6 Å². The van der Waals surface area contributed by atoms with E-state index in [-0.39, 0.29) is 18.0 Å². The van der Waals surface area contributed by atoms with Gasteiger partial charge in [-0.15, -0.1) is 11.3 Å². The van der Waals surface area contributed by atoms with Crippen LogP contribution in [-0.4, -0.2) is 15.5 Å². The number of nitrogens with zero attached hydrogens (tertiary/aromatic N) is 2. The van der Waals surface area contributed by atoms with Gasteiger partial charge in [0, 0.05) is 16.6 Å². The predicted octanol–water partition coefficient (Wildman–Crippen LogP) is 6.56. The van der Waals surface area contributed by atoms with Gasteiger partial charge in [0.1, 0.15) is 11.4 Å². The molecule has 36 heavy (non-hydrogen) atoms. The Balaban J connectivity index is 1.44. The molecule has 0 atom stereocenters. The highest BCUT2D eigenvalue weighted by Crippen LogP contribution is 2.32. The van der Waals surface area contributed by atoms with E-state index >= 15 is 0 Å². The van der Waals surface area contributed by atoms with Crippen LogP contribution in [0.1, 0.15) is 25.0 Å². The molecule has 0 bridgehead atoms. The van der Waals surface area contributed by atoms with Crippen molar-refractivity contribution in [2.45, 2.75) is 33.2 Å². The van der Waals surface area contributed by atoms with Crippen LogP contribution in [0, 0.1) is 0 Å². The lowest BCUT2D eigenvalue weighted by molar-refractivity contribution is -0.116. The minimum absolute atomic E-state index is 0.0921. The number of carbonyl (C=O) groups is 1. The molecule has 1 amide bonds. The minimum Gasteiger partial charge on any atom is -0.324 e. The molecular formula is C30H27N3O2S. The van der Waals surface area contributed by atoms with Crippen LogP contribution in [0.25, 0.3) is 32.5 Å². The van der Waals surface area contributed by atoms with E-state index in [0.29, 0.717) is 10.2 Å². The van der Waals surface area contributed by atoms with Gasteiger partial charge in [0.15, 0.2) is 0 Å². The van der Waals surface area contributed by atoms with E-state index in [0.717, 1.165) is 51.9 Å². The highest BCUT2D eigenvalue weighted by Gasteiger charge is 2.16. The Kier molecular flexibility index (Phi) is 6.78. The van der Waals surface area contributed by atoms with E-state index in [1.807, 2.05) is 53.9 Å². The quantitative estimate of drug-likeness (QED) is 0.279. The van der Waals surface area contributed by atoms with Gasteiger partial charge in [0.25, 0.3) is 5.56 Å². The molecule has 0 saturated heterocycles. The summed E-state index contributed by atoms with van der Waals surface area (Å²) in [5, 5.41) is 5.55. The minimum atomic E-state index is -0.238. The molecule has 0 aliphatic heterocycles. The van der Waals surface area contributed by atoms with Gasteiger partial charge in [0.05, 0.1) is 11.7 Å². The van der Waals surface area contributed by atoms with Gasteiger partial charge >= 0.3 is 0 Å². The van der Waals surface area contributed by atoms with Gasteiger partial charge < -0.3 is 5.32 Å². The molecule has 1 N–H and O–H groups in total. The van der Waals surface area contributed by atoms with Crippen LogP contribution in [0.5, 0.6) is 0 Å². The number of hydrogen-bond donors (Lipinski definition) is 1. The van der Waals surface area contributed by atoms with Crippen LogP contribution >= 0.6 is 11.3 Å². The van der Waals surface area contributed by atoms with Gasteiger partial charge in [-0.05, 0) is 40.7 Å².